The van der Waals surface area contributed by atoms with Crippen LogP contribution in [0.25, 0.3) is 0 Å². The topological polar surface area (TPSA) is 71.1 Å². The van der Waals surface area contributed by atoms with Crippen molar-refractivity contribution in [1.82, 2.24) is 0 Å². The Morgan fingerprint density at radius 2 is 1.65 bits per heavy atom. The van der Waals surface area contributed by atoms with Crippen LogP contribution >= 0.6 is 23.8 Å². The Bertz CT molecular complexity index is 542. The summed E-state index contributed by atoms with van der Waals surface area (Å²) in [6.45, 7) is 7.41. The van der Waals surface area contributed by atoms with E-state index in [0.29, 0.717) is 5.75 Å². The second kappa shape index (κ2) is 8.83. The van der Waals surface area contributed by atoms with Gasteiger partial charge < -0.3 is 9.26 Å². The van der Waals surface area contributed by atoms with Crippen LogP contribution in [-0.4, -0.2) is 23.5 Å². The number of halogens is 1. The third kappa shape index (κ3) is 7.04. The van der Waals surface area contributed by atoms with Crippen molar-refractivity contribution in [3.63, 3.8) is 0 Å². The van der Waals surface area contributed by atoms with E-state index in [1.807, 2.05) is 0 Å². The van der Waals surface area contributed by atoms with Gasteiger partial charge in [0.15, 0.2) is 0 Å². The standard InChI is InChI=1S/C15H22BrO6P/c1-5-20-23(18,21-6-2)22-13-9-7-12(8-10-13)11-19-14(17)15(3,4)16/h7-10H,5-6,11H2,1-4H3. The Morgan fingerprint density at radius 3 is 2.09 bits per heavy atom. The molecule has 0 fully saturated rings. The number of carbonyl (C=O) groups excluding carboxylic acids is 1. The van der Waals surface area contributed by atoms with E-state index in [9.17, 15) is 9.36 Å². The van der Waals surface area contributed by atoms with Crippen LogP contribution in [0.5, 0.6) is 5.75 Å². The van der Waals surface area contributed by atoms with E-state index in [1.165, 1.54) is 0 Å². The summed E-state index contributed by atoms with van der Waals surface area (Å²) in [5, 5.41) is 0. The van der Waals surface area contributed by atoms with Crippen LogP contribution < -0.4 is 4.52 Å². The van der Waals surface area contributed by atoms with Crippen LogP contribution in [0, 0.1) is 0 Å². The van der Waals surface area contributed by atoms with Gasteiger partial charge in [0, 0.05) is 0 Å². The molecule has 0 aliphatic heterocycles. The average Bonchev–Trinajstić information content (AvgIpc) is 2.45. The maximum atomic E-state index is 12.3. The van der Waals surface area contributed by atoms with Crippen molar-refractivity contribution in [2.75, 3.05) is 13.2 Å². The second-order valence-electron chi connectivity index (χ2n) is 5.07. The molecule has 1 aromatic rings. The highest BCUT2D eigenvalue weighted by molar-refractivity contribution is 9.10. The molecule has 0 atom stereocenters. The van der Waals surface area contributed by atoms with Crippen LogP contribution in [0.2, 0.25) is 0 Å². The van der Waals surface area contributed by atoms with Crippen molar-refractivity contribution in [3.8, 4) is 5.75 Å². The smallest absolute Gasteiger partial charge is 0.460 e. The van der Waals surface area contributed by atoms with Crippen molar-refractivity contribution in [1.29, 1.82) is 0 Å². The first kappa shape index (κ1) is 20.2. The fraction of sp³-hybridized carbons (Fsp3) is 0.533. The maximum Gasteiger partial charge on any atom is 0.530 e. The normalized spacial score (nSPS) is 12.0. The molecule has 0 saturated heterocycles. The minimum absolute atomic E-state index is 0.142. The van der Waals surface area contributed by atoms with Gasteiger partial charge in [-0.05, 0) is 45.4 Å². The number of esters is 1. The van der Waals surface area contributed by atoms with Crippen molar-refractivity contribution in [3.05, 3.63) is 29.8 Å². The van der Waals surface area contributed by atoms with Gasteiger partial charge in [-0.3, -0.25) is 13.8 Å². The van der Waals surface area contributed by atoms with Crippen molar-refractivity contribution < 1.29 is 27.7 Å². The summed E-state index contributed by atoms with van der Waals surface area (Å²) in [5.41, 5.74) is 0.783. The molecule has 0 bridgehead atoms. The molecule has 130 valence electrons. The molecule has 23 heavy (non-hydrogen) atoms. The zero-order valence-electron chi connectivity index (χ0n) is 13.7. The van der Waals surface area contributed by atoms with Gasteiger partial charge in [0.05, 0.1) is 13.2 Å². The molecule has 0 N–H and O–H groups in total. The van der Waals surface area contributed by atoms with E-state index in [-0.39, 0.29) is 25.8 Å². The number of alkyl halides is 1. The lowest BCUT2D eigenvalue weighted by Crippen LogP contribution is -2.26. The number of benzene rings is 1. The Kier molecular flexibility index (Phi) is 7.74. The highest BCUT2D eigenvalue weighted by Crippen LogP contribution is 2.49. The van der Waals surface area contributed by atoms with Gasteiger partial charge in [0.1, 0.15) is 16.7 Å². The summed E-state index contributed by atoms with van der Waals surface area (Å²) in [6.07, 6.45) is 0. The Hall–Kier alpha value is -0.880. The van der Waals surface area contributed by atoms with Crippen LogP contribution in [0.15, 0.2) is 24.3 Å². The molecule has 1 rings (SSSR count). The monoisotopic (exact) mass is 408 g/mol. The number of phosphoric ester groups is 1. The van der Waals surface area contributed by atoms with E-state index in [4.69, 9.17) is 18.3 Å². The lowest BCUT2D eigenvalue weighted by Gasteiger charge is -2.17. The van der Waals surface area contributed by atoms with E-state index in [1.54, 1.807) is 52.0 Å². The zero-order chi connectivity index (χ0) is 17.5. The lowest BCUT2D eigenvalue weighted by atomic mass is 10.2. The molecule has 0 unspecified atom stereocenters. The van der Waals surface area contributed by atoms with Gasteiger partial charge in [0.2, 0.25) is 0 Å². The largest absolute Gasteiger partial charge is 0.530 e. The van der Waals surface area contributed by atoms with Crippen LogP contribution in [0.4, 0.5) is 0 Å². The highest BCUT2D eigenvalue weighted by atomic mass is 79.9. The summed E-state index contributed by atoms with van der Waals surface area (Å²) < 4.78 is 32.1. The molecule has 0 spiro atoms. The van der Waals surface area contributed by atoms with Gasteiger partial charge in [-0.25, -0.2) is 4.57 Å². The molecule has 6 nitrogen and oxygen atoms in total. The van der Waals surface area contributed by atoms with Gasteiger partial charge in [-0.15, -0.1) is 0 Å². The highest BCUT2D eigenvalue weighted by Gasteiger charge is 2.27. The van der Waals surface area contributed by atoms with Gasteiger partial charge in [-0.1, -0.05) is 28.1 Å². The summed E-state index contributed by atoms with van der Waals surface area (Å²) in [4.78, 5) is 11.7. The van der Waals surface area contributed by atoms with E-state index in [0.717, 1.165) is 5.56 Å². The van der Waals surface area contributed by atoms with E-state index in [2.05, 4.69) is 15.9 Å². The zero-order valence-corrected chi connectivity index (χ0v) is 16.2. The van der Waals surface area contributed by atoms with Gasteiger partial charge in [0.25, 0.3) is 0 Å². The molecule has 0 radical (unpaired) electrons. The third-order valence-corrected chi connectivity index (χ3v) is 4.48. The molecule has 1 aromatic carbocycles. The molecule has 0 heterocycles. The minimum Gasteiger partial charge on any atom is -0.460 e. The number of ether oxygens (including phenoxy) is 1. The maximum absolute atomic E-state index is 12.3. The molecule has 0 saturated carbocycles. The number of rotatable bonds is 9. The Morgan fingerprint density at radius 1 is 1.13 bits per heavy atom. The first-order valence-corrected chi connectivity index (χ1v) is 9.49. The molecule has 8 heteroatoms. The first-order valence-electron chi connectivity index (χ1n) is 7.24. The number of phosphoric acid groups is 1. The third-order valence-electron chi connectivity index (χ3n) is 2.57. The summed E-state index contributed by atoms with van der Waals surface area (Å²) in [7, 11) is -3.60. The Balaban J connectivity index is 2.66. The summed E-state index contributed by atoms with van der Waals surface area (Å²) in [6, 6.07) is 6.67. The van der Waals surface area contributed by atoms with Crippen LogP contribution in [-0.2, 0) is 29.8 Å². The fourth-order valence-electron chi connectivity index (χ4n) is 1.50. The van der Waals surface area contributed by atoms with Crippen LogP contribution in [0.3, 0.4) is 0 Å². The number of hydrogen-bond donors (Lipinski definition) is 0. The molecule has 0 amide bonds. The lowest BCUT2D eigenvalue weighted by molar-refractivity contribution is -0.146. The average molecular weight is 409 g/mol. The quantitative estimate of drug-likeness (QED) is 0.341. The van der Waals surface area contributed by atoms with Crippen LogP contribution in [0.1, 0.15) is 33.3 Å². The van der Waals surface area contributed by atoms with E-state index >= 15 is 0 Å². The fourth-order valence-corrected chi connectivity index (χ4v) is 2.81. The first-order chi connectivity index (χ1) is 10.7. The molecule has 0 aliphatic rings. The number of carbonyl (C=O) groups is 1. The predicted molar refractivity (Wildman–Crippen MR) is 90.7 cm³/mol. The molecule has 0 aliphatic carbocycles. The number of hydrogen-bond acceptors (Lipinski definition) is 6. The SMILES string of the molecule is CCOP(=O)(OCC)Oc1ccc(COC(=O)C(C)(C)Br)cc1. The minimum atomic E-state index is -3.60. The van der Waals surface area contributed by atoms with Crippen molar-refractivity contribution >= 4 is 29.7 Å². The molecule has 0 aromatic heterocycles. The van der Waals surface area contributed by atoms with Crippen molar-refractivity contribution in [2.24, 2.45) is 0 Å². The molecular weight excluding hydrogens is 387 g/mol. The van der Waals surface area contributed by atoms with E-state index < -0.39 is 12.1 Å². The Labute approximate surface area is 145 Å². The predicted octanol–water partition coefficient (Wildman–Crippen LogP) is 4.46. The summed E-state index contributed by atoms with van der Waals surface area (Å²) in [5.74, 6) is 0.00107. The second-order valence-corrected chi connectivity index (χ2v) is 8.64. The summed E-state index contributed by atoms with van der Waals surface area (Å²) >= 11 is 3.24. The van der Waals surface area contributed by atoms with Crippen molar-refractivity contribution in [2.45, 2.75) is 38.6 Å². The van der Waals surface area contributed by atoms with Gasteiger partial charge >= 0.3 is 13.8 Å². The molecular formula is C15H22BrO6P. The van der Waals surface area contributed by atoms with Gasteiger partial charge in [-0.2, -0.15) is 0 Å².